The SMILES string of the molecule is CN=C(NCC(OC)C(C)(C)C)N1CCCC(CC(N)=O)C1. The summed E-state index contributed by atoms with van der Waals surface area (Å²) in [6.07, 6.45) is 2.68. The van der Waals surface area contributed by atoms with E-state index in [0.29, 0.717) is 18.9 Å². The van der Waals surface area contributed by atoms with Crippen LogP contribution in [0.3, 0.4) is 0 Å². The van der Waals surface area contributed by atoms with Gasteiger partial charge in [-0.25, -0.2) is 0 Å². The van der Waals surface area contributed by atoms with Gasteiger partial charge in [0.05, 0.1) is 6.10 Å². The number of carbonyl (C=O) groups is 1. The maximum atomic E-state index is 11.1. The van der Waals surface area contributed by atoms with Crippen LogP contribution in [0.2, 0.25) is 0 Å². The summed E-state index contributed by atoms with van der Waals surface area (Å²) in [4.78, 5) is 17.7. The maximum absolute atomic E-state index is 11.1. The number of guanidine groups is 1. The van der Waals surface area contributed by atoms with Crippen LogP contribution in [-0.2, 0) is 9.53 Å². The number of nitrogens with one attached hydrogen (secondary N) is 1. The van der Waals surface area contributed by atoms with Gasteiger partial charge in [-0.1, -0.05) is 20.8 Å². The zero-order chi connectivity index (χ0) is 16.8. The molecular weight excluding hydrogens is 280 g/mol. The number of likely N-dealkylation sites (tertiary alicyclic amines) is 1. The lowest BCUT2D eigenvalue weighted by Crippen LogP contribution is -2.50. The number of amides is 1. The Labute approximate surface area is 134 Å². The van der Waals surface area contributed by atoms with Gasteiger partial charge in [0.1, 0.15) is 0 Å². The fraction of sp³-hybridized carbons (Fsp3) is 0.875. The number of carbonyl (C=O) groups excluding carboxylic acids is 1. The van der Waals surface area contributed by atoms with Crippen molar-refractivity contribution in [1.82, 2.24) is 10.2 Å². The van der Waals surface area contributed by atoms with Crippen LogP contribution in [0.4, 0.5) is 0 Å². The van der Waals surface area contributed by atoms with E-state index in [9.17, 15) is 4.79 Å². The van der Waals surface area contributed by atoms with E-state index in [1.54, 1.807) is 14.2 Å². The van der Waals surface area contributed by atoms with Crippen molar-refractivity contribution in [2.75, 3.05) is 33.8 Å². The zero-order valence-electron chi connectivity index (χ0n) is 14.7. The average Bonchev–Trinajstić information content (AvgIpc) is 2.42. The lowest BCUT2D eigenvalue weighted by Gasteiger charge is -2.36. The third-order valence-electron chi connectivity index (χ3n) is 4.22. The van der Waals surface area contributed by atoms with Crippen molar-refractivity contribution in [3.63, 3.8) is 0 Å². The molecule has 1 saturated heterocycles. The zero-order valence-corrected chi connectivity index (χ0v) is 14.7. The van der Waals surface area contributed by atoms with Crippen molar-refractivity contribution in [1.29, 1.82) is 0 Å². The predicted octanol–water partition coefficient (Wildman–Crippen LogP) is 1.21. The number of ether oxygens (including phenoxy) is 1. The molecule has 0 aliphatic carbocycles. The van der Waals surface area contributed by atoms with Crippen LogP contribution in [0.1, 0.15) is 40.0 Å². The molecule has 6 heteroatoms. The van der Waals surface area contributed by atoms with Gasteiger partial charge in [-0.2, -0.15) is 0 Å². The van der Waals surface area contributed by atoms with Gasteiger partial charge in [0.2, 0.25) is 5.91 Å². The summed E-state index contributed by atoms with van der Waals surface area (Å²) in [6.45, 7) is 8.99. The summed E-state index contributed by atoms with van der Waals surface area (Å²) < 4.78 is 5.57. The van der Waals surface area contributed by atoms with E-state index in [4.69, 9.17) is 10.5 Å². The fourth-order valence-corrected chi connectivity index (χ4v) is 2.97. The Kier molecular flexibility index (Phi) is 7.13. The van der Waals surface area contributed by atoms with E-state index in [0.717, 1.165) is 31.9 Å². The standard InChI is InChI=1S/C16H32N4O2/c1-16(2,3)13(22-5)10-19-15(18-4)20-8-6-7-12(11-20)9-14(17)21/h12-13H,6-11H2,1-5H3,(H2,17,21)(H,18,19). The molecule has 1 heterocycles. The largest absolute Gasteiger partial charge is 0.379 e. The number of aliphatic imine (C=N–C) groups is 1. The van der Waals surface area contributed by atoms with Gasteiger partial charge in [-0.15, -0.1) is 0 Å². The van der Waals surface area contributed by atoms with E-state index >= 15 is 0 Å². The first-order valence-corrected chi connectivity index (χ1v) is 8.04. The van der Waals surface area contributed by atoms with Crippen LogP contribution in [0.15, 0.2) is 4.99 Å². The van der Waals surface area contributed by atoms with Crippen molar-refractivity contribution >= 4 is 11.9 Å². The van der Waals surface area contributed by atoms with Crippen molar-refractivity contribution in [2.24, 2.45) is 22.1 Å². The second kappa shape index (κ2) is 8.36. The van der Waals surface area contributed by atoms with Crippen molar-refractivity contribution < 1.29 is 9.53 Å². The van der Waals surface area contributed by atoms with E-state index < -0.39 is 0 Å². The molecule has 1 rings (SSSR count). The highest BCUT2D eigenvalue weighted by molar-refractivity contribution is 5.80. The molecule has 128 valence electrons. The fourth-order valence-electron chi connectivity index (χ4n) is 2.97. The normalized spacial score (nSPS) is 21.6. The van der Waals surface area contributed by atoms with Crippen molar-refractivity contribution in [2.45, 2.75) is 46.1 Å². The third-order valence-corrected chi connectivity index (χ3v) is 4.22. The molecule has 6 nitrogen and oxygen atoms in total. The van der Waals surface area contributed by atoms with Crippen LogP contribution in [0.5, 0.6) is 0 Å². The number of primary amides is 1. The van der Waals surface area contributed by atoms with E-state index in [1.165, 1.54) is 0 Å². The van der Waals surface area contributed by atoms with Gasteiger partial charge in [0.25, 0.3) is 0 Å². The minimum Gasteiger partial charge on any atom is -0.379 e. The number of hydrogen-bond donors (Lipinski definition) is 2. The Morgan fingerprint density at radius 2 is 2.18 bits per heavy atom. The first kappa shape index (κ1) is 18.7. The van der Waals surface area contributed by atoms with Crippen LogP contribution < -0.4 is 11.1 Å². The molecule has 0 spiro atoms. The third kappa shape index (κ3) is 5.83. The first-order chi connectivity index (χ1) is 10.3. The quantitative estimate of drug-likeness (QED) is 0.591. The number of rotatable bonds is 5. The monoisotopic (exact) mass is 312 g/mol. The minimum absolute atomic E-state index is 0.0665. The summed E-state index contributed by atoms with van der Waals surface area (Å²) >= 11 is 0. The number of nitrogens with zero attached hydrogens (tertiary/aromatic N) is 2. The number of hydrogen-bond acceptors (Lipinski definition) is 3. The van der Waals surface area contributed by atoms with Crippen LogP contribution in [0.25, 0.3) is 0 Å². The van der Waals surface area contributed by atoms with Gasteiger partial charge in [0, 0.05) is 40.2 Å². The number of methoxy groups -OCH3 is 1. The first-order valence-electron chi connectivity index (χ1n) is 8.04. The lowest BCUT2D eigenvalue weighted by molar-refractivity contribution is -0.119. The van der Waals surface area contributed by atoms with Gasteiger partial charge in [-0.3, -0.25) is 9.79 Å². The molecule has 0 bridgehead atoms. The molecular formula is C16H32N4O2. The Morgan fingerprint density at radius 1 is 1.50 bits per heavy atom. The van der Waals surface area contributed by atoms with Gasteiger partial charge in [-0.05, 0) is 24.2 Å². The smallest absolute Gasteiger partial charge is 0.217 e. The van der Waals surface area contributed by atoms with Gasteiger partial charge < -0.3 is 20.7 Å². The molecule has 2 atom stereocenters. The van der Waals surface area contributed by atoms with E-state index in [2.05, 4.69) is 36.0 Å². The number of piperidine rings is 1. The molecule has 3 N–H and O–H groups in total. The van der Waals surface area contributed by atoms with Crippen LogP contribution in [0, 0.1) is 11.3 Å². The van der Waals surface area contributed by atoms with Crippen molar-refractivity contribution in [3.8, 4) is 0 Å². The van der Waals surface area contributed by atoms with E-state index in [-0.39, 0.29) is 17.4 Å². The number of nitrogens with two attached hydrogens (primary N) is 1. The second-order valence-electron chi connectivity index (χ2n) is 7.14. The highest BCUT2D eigenvalue weighted by atomic mass is 16.5. The molecule has 0 aromatic carbocycles. The summed E-state index contributed by atoms with van der Waals surface area (Å²) in [5.41, 5.74) is 5.39. The highest BCUT2D eigenvalue weighted by Crippen LogP contribution is 2.22. The molecule has 22 heavy (non-hydrogen) atoms. The maximum Gasteiger partial charge on any atom is 0.217 e. The summed E-state index contributed by atoms with van der Waals surface area (Å²) in [6, 6.07) is 0. The van der Waals surface area contributed by atoms with Gasteiger partial charge in [0.15, 0.2) is 5.96 Å². The molecule has 1 fully saturated rings. The Hall–Kier alpha value is -1.30. The summed E-state index contributed by atoms with van der Waals surface area (Å²) in [7, 11) is 3.53. The predicted molar refractivity (Wildman–Crippen MR) is 89.7 cm³/mol. The second-order valence-corrected chi connectivity index (χ2v) is 7.14. The molecule has 1 aliphatic heterocycles. The lowest BCUT2D eigenvalue weighted by atomic mass is 9.89. The van der Waals surface area contributed by atoms with E-state index in [1.807, 2.05) is 0 Å². The van der Waals surface area contributed by atoms with Crippen LogP contribution >= 0.6 is 0 Å². The highest BCUT2D eigenvalue weighted by Gasteiger charge is 2.27. The Bertz CT molecular complexity index is 390. The topological polar surface area (TPSA) is 80.0 Å². The molecule has 1 aliphatic rings. The summed E-state index contributed by atoms with van der Waals surface area (Å²) in [5, 5.41) is 3.41. The minimum atomic E-state index is -0.220. The molecule has 0 saturated carbocycles. The summed E-state index contributed by atoms with van der Waals surface area (Å²) in [5.74, 6) is 0.980. The average molecular weight is 312 g/mol. The molecule has 0 aromatic rings. The molecule has 2 unspecified atom stereocenters. The van der Waals surface area contributed by atoms with Gasteiger partial charge >= 0.3 is 0 Å². The molecule has 0 radical (unpaired) electrons. The van der Waals surface area contributed by atoms with Crippen molar-refractivity contribution in [3.05, 3.63) is 0 Å². The Morgan fingerprint density at radius 3 is 2.68 bits per heavy atom. The molecule has 1 amide bonds. The van der Waals surface area contributed by atoms with Crippen LogP contribution in [-0.4, -0.2) is 56.7 Å². The Balaban J connectivity index is 2.58. The molecule has 0 aromatic heterocycles.